The van der Waals surface area contributed by atoms with Crippen molar-refractivity contribution >= 4 is 16.2 Å². The third-order valence-electron chi connectivity index (χ3n) is 2.66. The highest BCUT2D eigenvalue weighted by atomic mass is 32.1. The summed E-state index contributed by atoms with van der Waals surface area (Å²) < 4.78 is 4.38. The van der Waals surface area contributed by atoms with Crippen LogP contribution < -0.4 is 4.57 Å². The maximum absolute atomic E-state index is 2.23. The molecule has 2 heterocycles. The maximum atomic E-state index is 2.23. The first kappa shape index (κ1) is 9.60. The zero-order valence-corrected chi connectivity index (χ0v) is 9.95. The molecule has 0 bridgehead atoms. The third-order valence-corrected chi connectivity index (χ3v) is 3.48. The first-order valence-electron chi connectivity index (χ1n) is 5.31. The SMILES string of the molecule is Cc1cccc(C[n+]2cc3sccn3c2)c1. The Morgan fingerprint density at radius 1 is 1.38 bits per heavy atom. The number of aromatic nitrogens is 2. The van der Waals surface area contributed by atoms with E-state index in [9.17, 15) is 0 Å². The molecule has 0 spiro atoms. The molecule has 80 valence electrons. The van der Waals surface area contributed by atoms with Gasteiger partial charge in [-0.15, -0.1) is 0 Å². The van der Waals surface area contributed by atoms with Gasteiger partial charge in [0.05, 0.1) is 0 Å². The Kier molecular flexibility index (Phi) is 2.26. The van der Waals surface area contributed by atoms with Gasteiger partial charge in [-0.2, -0.15) is 4.40 Å². The molecule has 0 saturated carbocycles. The summed E-state index contributed by atoms with van der Waals surface area (Å²) in [6.07, 6.45) is 6.41. The highest BCUT2D eigenvalue weighted by Crippen LogP contribution is 2.09. The fraction of sp³-hybridized carbons (Fsp3) is 0.154. The van der Waals surface area contributed by atoms with Crippen LogP contribution in [0.15, 0.2) is 48.4 Å². The third kappa shape index (κ3) is 1.74. The maximum Gasteiger partial charge on any atom is 0.249 e. The molecule has 0 aliphatic heterocycles. The van der Waals surface area contributed by atoms with Gasteiger partial charge in [0.1, 0.15) is 18.9 Å². The highest BCUT2D eigenvalue weighted by molar-refractivity contribution is 7.15. The van der Waals surface area contributed by atoms with Crippen LogP contribution in [0.3, 0.4) is 0 Å². The van der Waals surface area contributed by atoms with Crippen molar-refractivity contribution in [1.82, 2.24) is 4.40 Å². The molecular formula is C13H13N2S+. The van der Waals surface area contributed by atoms with E-state index in [1.807, 2.05) is 0 Å². The van der Waals surface area contributed by atoms with Gasteiger partial charge in [0.2, 0.25) is 11.2 Å². The summed E-state index contributed by atoms with van der Waals surface area (Å²) in [5.41, 5.74) is 2.67. The summed E-state index contributed by atoms with van der Waals surface area (Å²) in [4.78, 5) is 1.28. The van der Waals surface area contributed by atoms with Crippen molar-refractivity contribution in [1.29, 1.82) is 0 Å². The van der Waals surface area contributed by atoms with Crippen LogP contribution in [0.4, 0.5) is 0 Å². The van der Waals surface area contributed by atoms with Crippen LogP contribution in [-0.4, -0.2) is 4.40 Å². The number of hydrogen-bond acceptors (Lipinski definition) is 1. The average molecular weight is 229 g/mol. The van der Waals surface area contributed by atoms with E-state index in [1.165, 1.54) is 16.0 Å². The van der Waals surface area contributed by atoms with Crippen molar-refractivity contribution < 1.29 is 4.57 Å². The van der Waals surface area contributed by atoms with Gasteiger partial charge in [-0.1, -0.05) is 41.2 Å². The lowest BCUT2D eigenvalue weighted by molar-refractivity contribution is -0.686. The first-order chi connectivity index (χ1) is 7.81. The Labute approximate surface area is 98.4 Å². The standard InChI is InChI=1S/C13H13N2S/c1-11-3-2-4-12(7-11)8-14-9-13-15(10-14)5-6-16-13/h2-7,9-10H,8H2,1H3/q+1. The Balaban J connectivity index is 1.92. The molecule has 1 aromatic carbocycles. The largest absolute Gasteiger partial charge is 0.249 e. The van der Waals surface area contributed by atoms with Crippen molar-refractivity contribution in [3.05, 3.63) is 59.5 Å². The molecule has 0 N–H and O–H groups in total. The fourth-order valence-electron chi connectivity index (χ4n) is 1.94. The van der Waals surface area contributed by atoms with Crippen molar-refractivity contribution in [3.8, 4) is 0 Å². The smallest absolute Gasteiger partial charge is 0.231 e. The second kappa shape index (κ2) is 3.76. The van der Waals surface area contributed by atoms with E-state index in [0.717, 1.165) is 6.54 Å². The molecule has 2 aromatic heterocycles. The van der Waals surface area contributed by atoms with Gasteiger partial charge in [-0.3, -0.25) is 0 Å². The topological polar surface area (TPSA) is 8.29 Å². The Bertz CT molecular complexity index is 593. The molecule has 0 amide bonds. The van der Waals surface area contributed by atoms with E-state index >= 15 is 0 Å². The van der Waals surface area contributed by atoms with Crippen molar-refractivity contribution in [2.75, 3.05) is 0 Å². The molecule has 16 heavy (non-hydrogen) atoms. The quantitative estimate of drug-likeness (QED) is 0.597. The molecule has 2 nitrogen and oxygen atoms in total. The normalized spacial score (nSPS) is 11.1. The zero-order valence-electron chi connectivity index (χ0n) is 9.13. The molecule has 0 radical (unpaired) electrons. The van der Waals surface area contributed by atoms with Crippen LogP contribution in [-0.2, 0) is 6.54 Å². The van der Waals surface area contributed by atoms with E-state index in [4.69, 9.17) is 0 Å². The lowest BCUT2D eigenvalue weighted by atomic mass is 10.1. The lowest BCUT2D eigenvalue weighted by Crippen LogP contribution is -2.31. The molecular weight excluding hydrogens is 216 g/mol. The monoisotopic (exact) mass is 229 g/mol. The van der Waals surface area contributed by atoms with Gasteiger partial charge >= 0.3 is 0 Å². The van der Waals surface area contributed by atoms with E-state index in [0.29, 0.717) is 0 Å². The molecule has 0 saturated heterocycles. The lowest BCUT2D eigenvalue weighted by Gasteiger charge is -1.98. The number of imidazole rings is 1. The number of rotatable bonds is 2. The van der Waals surface area contributed by atoms with Gasteiger partial charge < -0.3 is 0 Å². The van der Waals surface area contributed by atoms with Crippen molar-refractivity contribution in [2.45, 2.75) is 13.5 Å². The predicted molar refractivity (Wildman–Crippen MR) is 65.8 cm³/mol. The Morgan fingerprint density at radius 3 is 3.12 bits per heavy atom. The van der Waals surface area contributed by atoms with Crippen LogP contribution >= 0.6 is 11.3 Å². The Hall–Kier alpha value is -1.61. The van der Waals surface area contributed by atoms with Gasteiger partial charge in [-0.05, 0) is 12.5 Å². The summed E-state index contributed by atoms with van der Waals surface area (Å²) in [5, 5.41) is 2.10. The van der Waals surface area contributed by atoms with Crippen LogP contribution in [0, 0.1) is 6.92 Å². The van der Waals surface area contributed by atoms with Gasteiger partial charge in [-0.25, -0.2) is 4.57 Å². The fourth-order valence-corrected chi connectivity index (χ4v) is 2.69. The van der Waals surface area contributed by atoms with Crippen molar-refractivity contribution in [2.24, 2.45) is 0 Å². The highest BCUT2D eigenvalue weighted by Gasteiger charge is 2.07. The van der Waals surface area contributed by atoms with Crippen LogP contribution in [0.2, 0.25) is 0 Å². The average Bonchev–Trinajstić information content (AvgIpc) is 2.77. The minimum absolute atomic E-state index is 0.941. The summed E-state index contributed by atoms with van der Waals surface area (Å²) in [7, 11) is 0. The molecule has 3 heteroatoms. The summed E-state index contributed by atoms with van der Waals surface area (Å²) in [6, 6.07) is 8.65. The Morgan fingerprint density at radius 2 is 2.31 bits per heavy atom. The van der Waals surface area contributed by atoms with E-state index in [-0.39, 0.29) is 0 Å². The molecule has 0 aliphatic rings. The summed E-state index contributed by atoms with van der Waals surface area (Å²) >= 11 is 1.76. The number of hydrogen-bond donors (Lipinski definition) is 0. The molecule has 0 aliphatic carbocycles. The minimum atomic E-state index is 0.941. The number of benzene rings is 1. The molecule has 3 aromatic rings. The number of aryl methyl sites for hydroxylation is 1. The van der Waals surface area contributed by atoms with Gasteiger partial charge in [0, 0.05) is 5.38 Å². The van der Waals surface area contributed by atoms with E-state index in [2.05, 4.69) is 64.3 Å². The van der Waals surface area contributed by atoms with Gasteiger partial charge in [0.15, 0.2) is 0 Å². The second-order valence-electron chi connectivity index (χ2n) is 4.05. The van der Waals surface area contributed by atoms with Crippen molar-refractivity contribution in [3.63, 3.8) is 0 Å². The zero-order chi connectivity index (χ0) is 11.0. The number of thiazole rings is 1. The molecule has 0 fully saturated rings. The van der Waals surface area contributed by atoms with Gasteiger partial charge in [0.25, 0.3) is 0 Å². The molecule has 0 atom stereocenters. The summed E-state index contributed by atoms with van der Waals surface area (Å²) in [6.45, 7) is 3.07. The van der Waals surface area contributed by atoms with Crippen LogP contribution in [0.1, 0.15) is 11.1 Å². The minimum Gasteiger partial charge on any atom is -0.231 e. The molecule has 0 unspecified atom stereocenters. The second-order valence-corrected chi connectivity index (χ2v) is 4.98. The number of nitrogens with zero attached hydrogens (tertiary/aromatic N) is 2. The van der Waals surface area contributed by atoms with Crippen LogP contribution in [0.25, 0.3) is 4.83 Å². The van der Waals surface area contributed by atoms with Crippen LogP contribution in [0.5, 0.6) is 0 Å². The summed E-state index contributed by atoms with van der Waals surface area (Å²) in [5.74, 6) is 0. The molecule has 3 rings (SSSR count). The first-order valence-corrected chi connectivity index (χ1v) is 6.19. The van der Waals surface area contributed by atoms with E-state index in [1.54, 1.807) is 11.3 Å². The number of fused-ring (bicyclic) bond motifs is 1. The predicted octanol–water partition coefficient (Wildman–Crippen LogP) is 2.65. The van der Waals surface area contributed by atoms with E-state index < -0.39 is 0 Å².